The van der Waals surface area contributed by atoms with Gasteiger partial charge in [0.05, 0.1) is 0 Å². The molecule has 1 aromatic heterocycles. The molecule has 0 radical (unpaired) electrons. The second kappa shape index (κ2) is 6.15. The van der Waals surface area contributed by atoms with Gasteiger partial charge in [0.25, 0.3) is 0 Å². The Labute approximate surface area is 105 Å². The standard InChI is InChI=1S/C15H24N2/c1-3-16-15(14-9-6-7-12(14)2)11-13-8-4-5-10-17-13/h4-5,8,10,12,14-16H,3,6-7,9,11H2,1-2H3. The van der Waals surface area contributed by atoms with Crippen LogP contribution in [0.3, 0.4) is 0 Å². The summed E-state index contributed by atoms with van der Waals surface area (Å²) in [5, 5.41) is 3.66. The van der Waals surface area contributed by atoms with Crippen LogP contribution in [-0.2, 0) is 6.42 Å². The fraction of sp³-hybridized carbons (Fsp3) is 0.667. The van der Waals surface area contributed by atoms with Crippen molar-refractivity contribution in [2.24, 2.45) is 11.8 Å². The average molecular weight is 232 g/mol. The van der Waals surface area contributed by atoms with E-state index in [4.69, 9.17) is 0 Å². The van der Waals surface area contributed by atoms with Gasteiger partial charge in [-0.3, -0.25) is 4.98 Å². The second-order valence-electron chi connectivity index (χ2n) is 5.26. The van der Waals surface area contributed by atoms with Gasteiger partial charge in [-0.05, 0) is 36.9 Å². The van der Waals surface area contributed by atoms with Crippen LogP contribution in [-0.4, -0.2) is 17.6 Å². The van der Waals surface area contributed by atoms with Gasteiger partial charge in [0.2, 0.25) is 0 Å². The molecule has 1 fully saturated rings. The molecule has 0 spiro atoms. The first-order valence-electron chi connectivity index (χ1n) is 6.94. The van der Waals surface area contributed by atoms with Crippen molar-refractivity contribution in [3.05, 3.63) is 30.1 Å². The van der Waals surface area contributed by atoms with Crippen molar-refractivity contribution < 1.29 is 0 Å². The third-order valence-corrected chi connectivity index (χ3v) is 4.07. The van der Waals surface area contributed by atoms with E-state index in [-0.39, 0.29) is 0 Å². The first-order chi connectivity index (χ1) is 8.31. The van der Waals surface area contributed by atoms with Gasteiger partial charge in [-0.2, -0.15) is 0 Å². The molecule has 2 heteroatoms. The quantitative estimate of drug-likeness (QED) is 0.844. The van der Waals surface area contributed by atoms with Crippen LogP contribution < -0.4 is 5.32 Å². The molecule has 3 unspecified atom stereocenters. The molecule has 1 N–H and O–H groups in total. The Bertz CT molecular complexity index is 323. The summed E-state index contributed by atoms with van der Waals surface area (Å²) in [4.78, 5) is 4.46. The van der Waals surface area contributed by atoms with Crippen LogP contribution in [0.25, 0.3) is 0 Å². The van der Waals surface area contributed by atoms with Crippen LogP contribution in [0.2, 0.25) is 0 Å². The van der Waals surface area contributed by atoms with Crippen molar-refractivity contribution in [1.82, 2.24) is 10.3 Å². The van der Waals surface area contributed by atoms with Crippen LogP contribution in [0.5, 0.6) is 0 Å². The number of hydrogen-bond donors (Lipinski definition) is 1. The lowest BCUT2D eigenvalue weighted by molar-refractivity contribution is 0.297. The van der Waals surface area contributed by atoms with E-state index in [9.17, 15) is 0 Å². The minimum Gasteiger partial charge on any atom is -0.314 e. The summed E-state index contributed by atoms with van der Waals surface area (Å²) in [5.74, 6) is 1.69. The van der Waals surface area contributed by atoms with E-state index in [2.05, 4.69) is 36.3 Å². The molecule has 0 amide bonds. The SMILES string of the molecule is CCNC(Cc1ccccn1)C1CCCC1C. The zero-order chi connectivity index (χ0) is 12.1. The zero-order valence-corrected chi connectivity index (χ0v) is 11.0. The van der Waals surface area contributed by atoms with E-state index in [1.165, 1.54) is 25.0 Å². The highest BCUT2D eigenvalue weighted by atomic mass is 14.9. The molecule has 1 aliphatic carbocycles. The number of likely N-dealkylation sites (N-methyl/N-ethyl adjacent to an activating group) is 1. The van der Waals surface area contributed by atoms with Crippen molar-refractivity contribution in [1.29, 1.82) is 0 Å². The molecule has 0 aromatic carbocycles. The second-order valence-corrected chi connectivity index (χ2v) is 5.26. The number of hydrogen-bond acceptors (Lipinski definition) is 2. The number of pyridine rings is 1. The minimum absolute atomic E-state index is 0.604. The molecule has 2 nitrogen and oxygen atoms in total. The molecule has 0 bridgehead atoms. The Kier molecular flexibility index (Phi) is 4.55. The molecule has 3 atom stereocenters. The fourth-order valence-electron chi connectivity index (χ4n) is 3.15. The largest absolute Gasteiger partial charge is 0.314 e. The summed E-state index contributed by atoms with van der Waals surface area (Å²) in [5.41, 5.74) is 1.22. The Balaban J connectivity index is 2.02. The Morgan fingerprint density at radius 2 is 2.29 bits per heavy atom. The maximum atomic E-state index is 4.46. The number of rotatable bonds is 5. The van der Waals surface area contributed by atoms with Gasteiger partial charge >= 0.3 is 0 Å². The fourth-order valence-corrected chi connectivity index (χ4v) is 3.15. The van der Waals surface area contributed by atoms with Crippen molar-refractivity contribution in [3.63, 3.8) is 0 Å². The molecule has 94 valence electrons. The van der Waals surface area contributed by atoms with Gasteiger partial charge in [-0.15, -0.1) is 0 Å². The molecular formula is C15H24N2. The highest BCUT2D eigenvalue weighted by Gasteiger charge is 2.30. The maximum absolute atomic E-state index is 4.46. The molecule has 2 rings (SSSR count). The average Bonchev–Trinajstić information content (AvgIpc) is 2.76. The summed E-state index contributed by atoms with van der Waals surface area (Å²) in [7, 11) is 0. The predicted molar refractivity (Wildman–Crippen MR) is 71.9 cm³/mol. The van der Waals surface area contributed by atoms with Crippen molar-refractivity contribution in [3.8, 4) is 0 Å². The lowest BCUT2D eigenvalue weighted by Gasteiger charge is -2.27. The topological polar surface area (TPSA) is 24.9 Å². The summed E-state index contributed by atoms with van der Waals surface area (Å²) in [6, 6.07) is 6.82. The van der Waals surface area contributed by atoms with E-state index in [1.807, 2.05) is 12.3 Å². The normalized spacial score (nSPS) is 26.0. The van der Waals surface area contributed by atoms with Crippen LogP contribution in [0.1, 0.15) is 38.8 Å². The van der Waals surface area contributed by atoms with E-state index >= 15 is 0 Å². The van der Waals surface area contributed by atoms with Crippen LogP contribution in [0.4, 0.5) is 0 Å². The third kappa shape index (κ3) is 3.29. The zero-order valence-electron chi connectivity index (χ0n) is 11.0. The van der Waals surface area contributed by atoms with Gasteiger partial charge in [-0.25, -0.2) is 0 Å². The van der Waals surface area contributed by atoms with Gasteiger partial charge < -0.3 is 5.32 Å². The van der Waals surface area contributed by atoms with Crippen LogP contribution in [0.15, 0.2) is 24.4 Å². The van der Waals surface area contributed by atoms with Gasteiger partial charge in [0, 0.05) is 24.4 Å². The van der Waals surface area contributed by atoms with Gasteiger partial charge in [0.15, 0.2) is 0 Å². The molecule has 0 saturated heterocycles. The van der Waals surface area contributed by atoms with Crippen LogP contribution in [0, 0.1) is 11.8 Å². The molecule has 1 heterocycles. The first-order valence-corrected chi connectivity index (χ1v) is 6.94. The molecule has 1 aliphatic rings. The highest BCUT2D eigenvalue weighted by Crippen LogP contribution is 2.34. The van der Waals surface area contributed by atoms with Gasteiger partial charge in [-0.1, -0.05) is 32.8 Å². The van der Waals surface area contributed by atoms with Crippen LogP contribution >= 0.6 is 0 Å². The lowest BCUT2D eigenvalue weighted by atomic mass is 9.87. The van der Waals surface area contributed by atoms with Crippen molar-refractivity contribution in [2.75, 3.05) is 6.54 Å². The van der Waals surface area contributed by atoms with E-state index in [0.717, 1.165) is 24.8 Å². The summed E-state index contributed by atoms with van der Waals surface area (Å²) < 4.78 is 0. The summed E-state index contributed by atoms with van der Waals surface area (Å²) >= 11 is 0. The highest BCUT2D eigenvalue weighted by molar-refractivity contribution is 5.06. The lowest BCUT2D eigenvalue weighted by Crippen LogP contribution is -2.39. The third-order valence-electron chi connectivity index (χ3n) is 4.07. The smallest absolute Gasteiger partial charge is 0.0419 e. The number of nitrogens with one attached hydrogen (secondary N) is 1. The van der Waals surface area contributed by atoms with E-state index in [0.29, 0.717) is 6.04 Å². The Morgan fingerprint density at radius 1 is 1.41 bits per heavy atom. The maximum Gasteiger partial charge on any atom is 0.0419 e. The number of aromatic nitrogens is 1. The molecule has 0 aliphatic heterocycles. The molecule has 17 heavy (non-hydrogen) atoms. The van der Waals surface area contributed by atoms with Gasteiger partial charge in [0.1, 0.15) is 0 Å². The number of nitrogens with zero attached hydrogens (tertiary/aromatic N) is 1. The Hall–Kier alpha value is -0.890. The Morgan fingerprint density at radius 3 is 2.88 bits per heavy atom. The van der Waals surface area contributed by atoms with Crippen molar-refractivity contribution >= 4 is 0 Å². The van der Waals surface area contributed by atoms with E-state index in [1.54, 1.807) is 0 Å². The minimum atomic E-state index is 0.604. The molecular weight excluding hydrogens is 208 g/mol. The summed E-state index contributed by atoms with van der Waals surface area (Å²) in [6.07, 6.45) is 7.15. The van der Waals surface area contributed by atoms with Crippen molar-refractivity contribution in [2.45, 2.75) is 45.6 Å². The monoisotopic (exact) mass is 232 g/mol. The molecule has 1 aromatic rings. The molecule has 1 saturated carbocycles. The van der Waals surface area contributed by atoms with E-state index < -0.39 is 0 Å². The predicted octanol–water partition coefficient (Wildman–Crippen LogP) is 3.04. The summed E-state index contributed by atoms with van der Waals surface area (Å²) in [6.45, 7) is 5.66. The first kappa shape index (κ1) is 12.6.